The van der Waals surface area contributed by atoms with Gasteiger partial charge in [-0.05, 0) is 30.3 Å². The summed E-state index contributed by atoms with van der Waals surface area (Å²) in [5, 5.41) is 9.79. The van der Waals surface area contributed by atoms with Crippen molar-refractivity contribution in [3.63, 3.8) is 0 Å². The lowest BCUT2D eigenvalue weighted by molar-refractivity contribution is 0.108. The van der Waals surface area contributed by atoms with Crippen molar-refractivity contribution in [2.24, 2.45) is 0 Å². The number of rotatable bonds is 0. The molecule has 1 unspecified atom stereocenters. The van der Waals surface area contributed by atoms with Crippen LogP contribution in [0.3, 0.4) is 0 Å². The first-order chi connectivity index (χ1) is 6.16. The average molecular weight is 242 g/mol. The molecule has 1 heterocycles. The number of likely N-dealkylation sites (N-methyl/N-ethyl adjacent to an activating group) is 1. The van der Waals surface area contributed by atoms with Crippen molar-refractivity contribution in [3.05, 3.63) is 33.8 Å². The molecule has 0 radical (unpaired) electrons. The van der Waals surface area contributed by atoms with E-state index in [9.17, 15) is 5.11 Å². The molecule has 1 atom stereocenters. The Morgan fingerprint density at radius 1 is 1.54 bits per heavy atom. The van der Waals surface area contributed by atoms with Crippen LogP contribution in [0.2, 0.25) is 0 Å². The summed E-state index contributed by atoms with van der Waals surface area (Å²) < 4.78 is 1.04. The largest absolute Gasteiger partial charge is 0.387 e. The molecule has 1 aromatic carbocycles. The second-order valence-corrected chi connectivity index (χ2v) is 4.47. The normalized spacial score (nSPS) is 22.8. The monoisotopic (exact) mass is 241 g/mol. The molecular weight excluding hydrogens is 230 g/mol. The van der Waals surface area contributed by atoms with Crippen LogP contribution in [-0.4, -0.2) is 23.6 Å². The van der Waals surface area contributed by atoms with E-state index in [1.54, 1.807) is 0 Å². The first-order valence-electron chi connectivity index (χ1n) is 4.32. The number of benzene rings is 1. The number of fused-ring (bicyclic) bond motifs is 1. The van der Waals surface area contributed by atoms with E-state index in [2.05, 4.69) is 26.9 Å². The Labute approximate surface area is 86.3 Å². The summed E-state index contributed by atoms with van der Waals surface area (Å²) in [6.45, 7) is 1.66. The van der Waals surface area contributed by atoms with Gasteiger partial charge in [-0.3, -0.25) is 4.90 Å². The second kappa shape index (κ2) is 3.40. The smallest absolute Gasteiger partial charge is 0.0920 e. The Morgan fingerprint density at radius 2 is 2.31 bits per heavy atom. The van der Waals surface area contributed by atoms with Gasteiger partial charge < -0.3 is 5.11 Å². The zero-order valence-electron chi connectivity index (χ0n) is 7.50. The maximum absolute atomic E-state index is 9.79. The summed E-state index contributed by atoms with van der Waals surface area (Å²) in [4.78, 5) is 2.13. The van der Waals surface area contributed by atoms with E-state index in [-0.39, 0.29) is 6.10 Å². The molecule has 3 heteroatoms. The number of aliphatic hydroxyl groups excluding tert-OH is 1. The SMILES string of the molecule is CN1Cc2ccc(Br)cc2C(O)C1. The highest BCUT2D eigenvalue weighted by atomic mass is 79.9. The standard InChI is InChI=1S/C10H12BrNO/c1-12-5-7-2-3-8(11)4-9(7)10(13)6-12/h2-4,10,13H,5-6H2,1H3. The van der Waals surface area contributed by atoms with Crippen molar-refractivity contribution in [2.45, 2.75) is 12.6 Å². The predicted octanol–water partition coefficient (Wildman–Crippen LogP) is 1.93. The molecule has 1 aliphatic heterocycles. The molecule has 0 amide bonds. The van der Waals surface area contributed by atoms with Crippen LogP contribution in [-0.2, 0) is 6.54 Å². The fraction of sp³-hybridized carbons (Fsp3) is 0.400. The lowest BCUT2D eigenvalue weighted by Crippen LogP contribution is -2.30. The number of halogens is 1. The molecule has 1 aromatic rings. The lowest BCUT2D eigenvalue weighted by atomic mass is 9.98. The zero-order chi connectivity index (χ0) is 9.42. The summed E-state index contributed by atoms with van der Waals surface area (Å²) in [6, 6.07) is 6.09. The summed E-state index contributed by atoms with van der Waals surface area (Å²) in [6.07, 6.45) is -0.341. The van der Waals surface area contributed by atoms with Crippen molar-refractivity contribution in [3.8, 4) is 0 Å². The first kappa shape index (κ1) is 9.19. The lowest BCUT2D eigenvalue weighted by Gasteiger charge is -2.29. The van der Waals surface area contributed by atoms with Crippen molar-refractivity contribution in [1.29, 1.82) is 0 Å². The summed E-state index contributed by atoms with van der Waals surface area (Å²) >= 11 is 3.41. The van der Waals surface area contributed by atoms with E-state index < -0.39 is 0 Å². The molecule has 1 aliphatic rings. The van der Waals surface area contributed by atoms with Crippen LogP contribution in [0.5, 0.6) is 0 Å². The van der Waals surface area contributed by atoms with E-state index in [0.717, 1.165) is 23.1 Å². The van der Waals surface area contributed by atoms with Crippen LogP contribution in [0.4, 0.5) is 0 Å². The Balaban J connectivity index is 2.43. The third kappa shape index (κ3) is 1.77. The maximum Gasteiger partial charge on any atom is 0.0920 e. The third-order valence-corrected chi connectivity index (χ3v) is 2.89. The van der Waals surface area contributed by atoms with Gasteiger partial charge >= 0.3 is 0 Å². The highest BCUT2D eigenvalue weighted by Crippen LogP contribution is 2.28. The summed E-state index contributed by atoms with van der Waals surface area (Å²) in [7, 11) is 2.02. The first-order valence-corrected chi connectivity index (χ1v) is 5.11. The molecule has 0 spiro atoms. The van der Waals surface area contributed by atoms with Gasteiger partial charge in [0.05, 0.1) is 6.10 Å². The molecule has 2 nitrogen and oxygen atoms in total. The number of hydrogen-bond donors (Lipinski definition) is 1. The van der Waals surface area contributed by atoms with Crippen LogP contribution >= 0.6 is 15.9 Å². The fourth-order valence-electron chi connectivity index (χ4n) is 1.77. The van der Waals surface area contributed by atoms with Gasteiger partial charge in [0.2, 0.25) is 0 Å². The highest BCUT2D eigenvalue weighted by Gasteiger charge is 2.20. The van der Waals surface area contributed by atoms with Gasteiger partial charge in [0.1, 0.15) is 0 Å². The van der Waals surface area contributed by atoms with Gasteiger partial charge in [0.25, 0.3) is 0 Å². The molecule has 70 valence electrons. The van der Waals surface area contributed by atoms with Crippen LogP contribution in [0.25, 0.3) is 0 Å². The predicted molar refractivity (Wildman–Crippen MR) is 55.4 cm³/mol. The average Bonchev–Trinajstić information content (AvgIpc) is 2.06. The molecule has 2 rings (SSSR count). The minimum absolute atomic E-state index is 0.341. The van der Waals surface area contributed by atoms with Crippen molar-refractivity contribution in [1.82, 2.24) is 4.90 Å². The molecule has 0 aromatic heterocycles. The number of β-amino-alcohol motifs (C(OH)–C–C–N with tert-alkyl or cyclic N) is 1. The number of nitrogens with zero attached hydrogens (tertiary/aromatic N) is 1. The molecule has 0 fully saturated rings. The van der Waals surface area contributed by atoms with Gasteiger partial charge in [-0.2, -0.15) is 0 Å². The number of aliphatic hydroxyl groups is 1. The van der Waals surface area contributed by atoms with E-state index in [1.165, 1.54) is 5.56 Å². The number of hydrogen-bond acceptors (Lipinski definition) is 2. The molecule has 13 heavy (non-hydrogen) atoms. The van der Waals surface area contributed by atoms with Crippen molar-refractivity contribution >= 4 is 15.9 Å². The molecule has 0 aliphatic carbocycles. The quantitative estimate of drug-likeness (QED) is 0.751. The molecule has 1 N–H and O–H groups in total. The van der Waals surface area contributed by atoms with Crippen molar-refractivity contribution in [2.75, 3.05) is 13.6 Å². The second-order valence-electron chi connectivity index (χ2n) is 3.56. The molecule has 0 bridgehead atoms. The summed E-state index contributed by atoms with van der Waals surface area (Å²) in [5.74, 6) is 0. The zero-order valence-corrected chi connectivity index (χ0v) is 9.08. The minimum atomic E-state index is -0.341. The fourth-order valence-corrected chi connectivity index (χ4v) is 2.15. The van der Waals surface area contributed by atoms with Crippen LogP contribution in [0.1, 0.15) is 17.2 Å². The molecular formula is C10H12BrNO. The summed E-state index contributed by atoms with van der Waals surface area (Å²) in [5.41, 5.74) is 2.29. The third-order valence-electron chi connectivity index (χ3n) is 2.39. The van der Waals surface area contributed by atoms with E-state index in [4.69, 9.17) is 0 Å². The Hall–Kier alpha value is -0.380. The van der Waals surface area contributed by atoms with Crippen molar-refractivity contribution < 1.29 is 5.11 Å². The Morgan fingerprint density at radius 3 is 3.08 bits per heavy atom. The van der Waals surface area contributed by atoms with Gasteiger partial charge in [-0.15, -0.1) is 0 Å². The van der Waals surface area contributed by atoms with Gasteiger partial charge in [0, 0.05) is 17.6 Å². The van der Waals surface area contributed by atoms with E-state index >= 15 is 0 Å². The topological polar surface area (TPSA) is 23.5 Å². The van der Waals surface area contributed by atoms with Crippen LogP contribution in [0.15, 0.2) is 22.7 Å². The minimum Gasteiger partial charge on any atom is -0.387 e. The van der Waals surface area contributed by atoms with E-state index in [0.29, 0.717) is 0 Å². The van der Waals surface area contributed by atoms with Crippen LogP contribution in [0, 0.1) is 0 Å². The molecule has 0 saturated heterocycles. The highest BCUT2D eigenvalue weighted by molar-refractivity contribution is 9.10. The van der Waals surface area contributed by atoms with E-state index in [1.807, 2.05) is 19.2 Å². The van der Waals surface area contributed by atoms with Gasteiger partial charge in [-0.1, -0.05) is 22.0 Å². The maximum atomic E-state index is 9.79. The van der Waals surface area contributed by atoms with Gasteiger partial charge in [-0.25, -0.2) is 0 Å². The Kier molecular flexibility index (Phi) is 2.41. The van der Waals surface area contributed by atoms with Crippen LogP contribution < -0.4 is 0 Å². The van der Waals surface area contributed by atoms with Gasteiger partial charge in [0.15, 0.2) is 0 Å². The molecule has 0 saturated carbocycles. The Bertz CT molecular complexity index is 327.